The van der Waals surface area contributed by atoms with Gasteiger partial charge in [-0.05, 0) is 79.1 Å². The fraction of sp³-hybridized carbons (Fsp3) is 0.526. The average molecular weight is 636 g/mol. The molecule has 0 radical (unpaired) electrons. The Labute approximate surface area is 273 Å². The van der Waals surface area contributed by atoms with Crippen molar-refractivity contribution in [1.82, 2.24) is 5.32 Å². The van der Waals surface area contributed by atoms with Crippen LogP contribution in [0.4, 0.5) is 0 Å². The van der Waals surface area contributed by atoms with Crippen LogP contribution in [0.5, 0.6) is 5.75 Å². The van der Waals surface area contributed by atoms with Gasteiger partial charge in [0.25, 0.3) is 0 Å². The molecule has 1 N–H and O–H groups in total. The first kappa shape index (κ1) is 38.0. The van der Waals surface area contributed by atoms with Gasteiger partial charge in [-0.1, -0.05) is 109 Å². The summed E-state index contributed by atoms with van der Waals surface area (Å²) in [7, 11) is -0.583. The van der Waals surface area contributed by atoms with E-state index in [1.165, 1.54) is 6.08 Å². The van der Waals surface area contributed by atoms with Crippen LogP contribution in [-0.2, 0) is 25.2 Å². The van der Waals surface area contributed by atoms with Crippen LogP contribution in [0.3, 0.4) is 0 Å². The van der Waals surface area contributed by atoms with Crippen LogP contribution in [-0.4, -0.2) is 45.1 Å². The first-order valence-electron chi connectivity index (χ1n) is 16.3. The monoisotopic (exact) mass is 635 g/mol. The summed E-state index contributed by atoms with van der Waals surface area (Å²) < 4.78 is 18.2. The van der Waals surface area contributed by atoms with Crippen LogP contribution in [0.2, 0.25) is 16.6 Å². The molecule has 2 rings (SSSR count). The third-order valence-corrected chi connectivity index (χ3v) is 14.4. The van der Waals surface area contributed by atoms with Crippen molar-refractivity contribution in [2.75, 3.05) is 7.11 Å². The molecule has 248 valence electrons. The third kappa shape index (κ3) is 11.9. The van der Waals surface area contributed by atoms with Gasteiger partial charge in [-0.15, -0.1) is 0 Å². The molecule has 0 heterocycles. The van der Waals surface area contributed by atoms with Crippen molar-refractivity contribution in [2.45, 2.75) is 116 Å². The lowest BCUT2D eigenvalue weighted by Crippen LogP contribution is -2.51. The fourth-order valence-electron chi connectivity index (χ4n) is 6.08. The summed E-state index contributed by atoms with van der Waals surface area (Å²) >= 11 is 0. The Morgan fingerprint density at radius 3 is 1.96 bits per heavy atom. The Balaban J connectivity index is 2.29. The Kier molecular flexibility index (Phi) is 14.8. The number of ether oxygens (including phenoxy) is 2. The molecular formula is C38H57NO5Si. The first-order valence-corrected chi connectivity index (χ1v) is 18.5. The van der Waals surface area contributed by atoms with Crippen molar-refractivity contribution in [2.24, 2.45) is 5.92 Å². The highest BCUT2D eigenvalue weighted by atomic mass is 28.4. The number of carbonyl (C=O) groups is 2. The van der Waals surface area contributed by atoms with Gasteiger partial charge in [-0.2, -0.15) is 0 Å². The van der Waals surface area contributed by atoms with Crippen LogP contribution in [0.25, 0.3) is 6.08 Å². The van der Waals surface area contributed by atoms with Crippen molar-refractivity contribution in [3.63, 3.8) is 0 Å². The topological polar surface area (TPSA) is 73.9 Å². The highest BCUT2D eigenvalue weighted by Crippen LogP contribution is 2.44. The Bertz CT molecular complexity index is 1220. The lowest BCUT2D eigenvalue weighted by molar-refractivity contribution is -0.158. The predicted molar refractivity (Wildman–Crippen MR) is 189 cm³/mol. The molecule has 2 aromatic rings. The molecule has 2 aromatic carbocycles. The summed E-state index contributed by atoms with van der Waals surface area (Å²) in [5.74, 6) is 0.0301. The van der Waals surface area contributed by atoms with Crippen molar-refractivity contribution in [1.29, 1.82) is 0 Å². The van der Waals surface area contributed by atoms with E-state index in [4.69, 9.17) is 13.9 Å². The van der Waals surface area contributed by atoms with E-state index >= 15 is 0 Å². The van der Waals surface area contributed by atoms with Crippen LogP contribution in [0.15, 0.2) is 72.8 Å². The number of amides is 1. The molecular weight excluding hydrogens is 579 g/mol. The summed E-state index contributed by atoms with van der Waals surface area (Å²) in [4.78, 5) is 26.3. The third-order valence-electron chi connectivity index (χ3n) is 8.29. The van der Waals surface area contributed by atoms with Gasteiger partial charge < -0.3 is 19.2 Å². The van der Waals surface area contributed by atoms with Gasteiger partial charge in [0.1, 0.15) is 17.4 Å². The Morgan fingerprint density at radius 2 is 1.44 bits per heavy atom. The van der Waals surface area contributed by atoms with Gasteiger partial charge in [-0.25, -0.2) is 4.79 Å². The van der Waals surface area contributed by atoms with E-state index in [0.29, 0.717) is 29.5 Å². The number of esters is 1. The smallest absolute Gasteiger partial charge is 0.329 e. The lowest BCUT2D eigenvalue weighted by Gasteiger charge is -2.45. The second-order valence-electron chi connectivity index (χ2n) is 13.9. The summed E-state index contributed by atoms with van der Waals surface area (Å²) in [6.45, 7) is 21.4. The number of methoxy groups -OCH3 is 1. The molecule has 0 fully saturated rings. The average Bonchev–Trinajstić information content (AvgIpc) is 2.96. The maximum absolute atomic E-state index is 13.2. The molecule has 0 unspecified atom stereocenters. The van der Waals surface area contributed by atoms with Gasteiger partial charge in [0.2, 0.25) is 14.2 Å². The first-order chi connectivity index (χ1) is 21.1. The maximum atomic E-state index is 13.2. The molecule has 45 heavy (non-hydrogen) atoms. The minimum atomic E-state index is -2.19. The number of hydrogen-bond donors (Lipinski definition) is 1. The second-order valence-corrected chi connectivity index (χ2v) is 19.3. The highest BCUT2D eigenvalue weighted by Gasteiger charge is 2.47. The maximum Gasteiger partial charge on any atom is 0.329 e. The molecule has 0 aromatic heterocycles. The zero-order chi connectivity index (χ0) is 33.8. The summed E-state index contributed by atoms with van der Waals surface area (Å²) in [6, 6.07) is 16.9. The zero-order valence-electron chi connectivity index (χ0n) is 29.4. The number of nitrogens with one attached hydrogen (secondary N) is 1. The van der Waals surface area contributed by atoms with Crippen LogP contribution in [0, 0.1) is 5.92 Å². The molecule has 0 saturated carbocycles. The number of benzene rings is 2. The highest BCUT2D eigenvalue weighted by molar-refractivity contribution is 6.77. The second kappa shape index (κ2) is 17.5. The van der Waals surface area contributed by atoms with Gasteiger partial charge in [0, 0.05) is 6.42 Å². The molecule has 1 amide bonds. The summed E-state index contributed by atoms with van der Waals surface area (Å²) in [5.41, 5.74) is 2.66. The number of rotatable bonds is 16. The Morgan fingerprint density at radius 1 is 0.867 bits per heavy atom. The summed E-state index contributed by atoms with van der Waals surface area (Å²) in [6.07, 6.45) is 8.54. The molecule has 0 spiro atoms. The van der Waals surface area contributed by atoms with E-state index in [1.54, 1.807) is 7.11 Å². The standard InChI is InChI=1S/C38H57NO5Si/c1-27(2)45(28(3)4,29(5)6)44-35(30(7)20-21-31-16-13-12-14-17-31)18-15-19-36(40)39-34(37(41)43-38(8,9)10)26-32-22-24-33(42-11)25-23-32/h12-17,19-25,27-30,34-35H,18,26H2,1-11H3,(H,39,40)/b19-15+,21-20+/t30-,34-,35+/m1/s1. The number of hydrogen-bond acceptors (Lipinski definition) is 5. The van der Waals surface area contributed by atoms with Crippen molar-refractivity contribution in [3.8, 4) is 5.75 Å². The van der Waals surface area contributed by atoms with E-state index in [9.17, 15) is 9.59 Å². The predicted octanol–water partition coefficient (Wildman–Crippen LogP) is 8.92. The van der Waals surface area contributed by atoms with Crippen molar-refractivity contribution in [3.05, 3.63) is 84.0 Å². The molecule has 7 heteroatoms. The van der Waals surface area contributed by atoms with Gasteiger partial charge in [0.05, 0.1) is 13.2 Å². The van der Waals surface area contributed by atoms with E-state index in [1.807, 2.05) is 69.3 Å². The molecule has 6 nitrogen and oxygen atoms in total. The lowest BCUT2D eigenvalue weighted by atomic mass is 10.00. The van der Waals surface area contributed by atoms with Crippen LogP contribution < -0.4 is 10.1 Å². The van der Waals surface area contributed by atoms with Crippen LogP contribution >= 0.6 is 0 Å². The minimum Gasteiger partial charge on any atom is -0.497 e. The summed E-state index contributed by atoms with van der Waals surface area (Å²) in [5, 5.41) is 2.89. The normalized spacial score (nSPS) is 14.7. The van der Waals surface area contributed by atoms with Gasteiger partial charge >= 0.3 is 5.97 Å². The van der Waals surface area contributed by atoms with Crippen molar-refractivity contribution < 1.29 is 23.5 Å². The fourth-order valence-corrected chi connectivity index (χ4v) is 11.7. The molecule has 3 atom stereocenters. The molecule has 0 aliphatic carbocycles. The molecule has 0 saturated heterocycles. The van der Waals surface area contributed by atoms with E-state index in [-0.39, 0.29) is 17.9 Å². The Hall–Kier alpha value is -3.16. The largest absolute Gasteiger partial charge is 0.497 e. The van der Waals surface area contributed by atoms with Crippen LogP contribution in [0.1, 0.15) is 86.8 Å². The SMILES string of the molecule is COc1ccc(C[C@@H](NC(=O)/C=C/C[C@H](O[Si](C(C)C)(C(C)C)C(C)C)[C@H](C)/C=C/c2ccccc2)C(=O)OC(C)(C)C)cc1. The number of carbonyl (C=O) groups excluding carboxylic acids is 2. The zero-order valence-corrected chi connectivity index (χ0v) is 30.4. The quantitative estimate of drug-likeness (QED) is 0.113. The van der Waals surface area contributed by atoms with Crippen molar-refractivity contribution >= 4 is 26.3 Å². The molecule has 0 bridgehead atoms. The van der Waals surface area contributed by atoms with Gasteiger partial charge in [0.15, 0.2) is 0 Å². The minimum absolute atomic E-state index is 0.103. The van der Waals surface area contributed by atoms with E-state index < -0.39 is 25.9 Å². The molecule has 0 aliphatic rings. The van der Waals surface area contributed by atoms with E-state index in [2.05, 4.69) is 78.1 Å². The van der Waals surface area contributed by atoms with E-state index in [0.717, 1.165) is 16.9 Å². The molecule has 0 aliphatic heterocycles. The van der Waals surface area contributed by atoms with Gasteiger partial charge in [-0.3, -0.25) is 4.79 Å².